The number of amides is 1. The smallest absolute Gasteiger partial charge is 0.247 e. The van der Waals surface area contributed by atoms with Gasteiger partial charge < -0.3 is 14.4 Å². The fourth-order valence-electron chi connectivity index (χ4n) is 4.07. The number of ether oxygens (including phenoxy) is 2. The van der Waals surface area contributed by atoms with Crippen LogP contribution in [0.2, 0.25) is 5.02 Å². The van der Waals surface area contributed by atoms with Gasteiger partial charge >= 0.3 is 0 Å². The molecular weight excluding hydrogens is 412 g/mol. The summed E-state index contributed by atoms with van der Waals surface area (Å²) in [6.45, 7) is 1.83. The number of carbonyl (C=O) groups excluding carboxylic acids is 1. The number of fused-ring (bicyclic) bond motifs is 3. The van der Waals surface area contributed by atoms with Crippen LogP contribution < -0.4 is 4.74 Å². The van der Waals surface area contributed by atoms with Crippen molar-refractivity contribution in [1.82, 2.24) is 9.88 Å². The summed E-state index contributed by atoms with van der Waals surface area (Å²) in [6, 6.07) is 19.9. The lowest BCUT2D eigenvalue weighted by Crippen LogP contribution is -2.47. The predicted octanol–water partition coefficient (Wildman–Crippen LogP) is 4.45. The average molecular weight is 433 g/mol. The van der Waals surface area contributed by atoms with E-state index in [1.54, 1.807) is 18.2 Å². The zero-order valence-corrected chi connectivity index (χ0v) is 17.6. The molecular formula is C25H21ClN2O3. The van der Waals surface area contributed by atoms with Crippen LogP contribution in [0.4, 0.5) is 0 Å². The van der Waals surface area contributed by atoms with E-state index in [-0.39, 0.29) is 12.0 Å². The zero-order chi connectivity index (χ0) is 21.2. The second-order valence-corrected chi connectivity index (χ2v) is 7.99. The van der Waals surface area contributed by atoms with Crippen molar-refractivity contribution in [3.05, 3.63) is 89.1 Å². The van der Waals surface area contributed by atoms with Crippen molar-refractivity contribution >= 4 is 23.1 Å². The minimum Gasteiger partial charge on any atom is -0.475 e. The number of aromatic nitrogens is 1. The molecule has 2 heterocycles. The van der Waals surface area contributed by atoms with Gasteiger partial charge in [-0.1, -0.05) is 60.1 Å². The van der Waals surface area contributed by atoms with Crippen LogP contribution in [-0.4, -0.2) is 48.2 Å². The molecule has 1 aliphatic carbocycles. The average Bonchev–Trinajstić information content (AvgIpc) is 3.13. The minimum atomic E-state index is -0.211. The van der Waals surface area contributed by atoms with E-state index in [1.807, 2.05) is 29.2 Å². The van der Waals surface area contributed by atoms with Crippen LogP contribution in [0.15, 0.2) is 72.9 Å². The highest BCUT2D eigenvalue weighted by molar-refractivity contribution is 6.30. The Hall–Kier alpha value is -3.15. The van der Waals surface area contributed by atoms with Gasteiger partial charge in [0.2, 0.25) is 11.8 Å². The van der Waals surface area contributed by atoms with Gasteiger partial charge in [-0.2, -0.15) is 0 Å². The molecule has 0 N–H and O–H groups in total. The second kappa shape index (κ2) is 8.53. The molecule has 5 nitrogen and oxygen atoms in total. The summed E-state index contributed by atoms with van der Waals surface area (Å²) in [4.78, 5) is 19.1. The van der Waals surface area contributed by atoms with Crippen LogP contribution >= 0.6 is 11.6 Å². The molecule has 1 aliphatic heterocycles. The molecule has 1 saturated heterocycles. The molecule has 3 aromatic rings. The molecule has 0 spiro atoms. The Balaban J connectivity index is 1.31. The summed E-state index contributed by atoms with van der Waals surface area (Å²) in [6.07, 6.45) is 3.09. The van der Waals surface area contributed by atoms with Crippen LogP contribution in [0.5, 0.6) is 5.88 Å². The molecule has 0 radical (unpaired) electrons. The van der Waals surface area contributed by atoms with E-state index < -0.39 is 0 Å². The number of pyridine rings is 1. The predicted molar refractivity (Wildman–Crippen MR) is 120 cm³/mol. The van der Waals surface area contributed by atoms with Gasteiger partial charge in [-0.3, -0.25) is 4.79 Å². The van der Waals surface area contributed by atoms with Crippen molar-refractivity contribution in [3.8, 4) is 17.0 Å². The Kier molecular flexibility index (Phi) is 5.45. The highest BCUT2D eigenvalue weighted by atomic mass is 35.5. The molecule has 31 heavy (non-hydrogen) atoms. The molecule has 1 aromatic heterocycles. The number of hydrogen-bond acceptors (Lipinski definition) is 4. The van der Waals surface area contributed by atoms with E-state index in [1.165, 1.54) is 17.3 Å². The van der Waals surface area contributed by atoms with Gasteiger partial charge in [-0.05, 0) is 33.9 Å². The second-order valence-electron chi connectivity index (χ2n) is 7.55. The van der Waals surface area contributed by atoms with E-state index >= 15 is 0 Å². The first-order valence-electron chi connectivity index (χ1n) is 10.2. The van der Waals surface area contributed by atoms with Gasteiger partial charge in [0.1, 0.15) is 12.7 Å². The topological polar surface area (TPSA) is 51.7 Å². The molecule has 1 fully saturated rings. The number of morpholine rings is 1. The molecule has 1 amide bonds. The van der Waals surface area contributed by atoms with Crippen LogP contribution in [0.3, 0.4) is 0 Å². The standard InChI is InChI=1S/C25H21ClN2O3/c26-17-9-10-24(27-14-17)31-16-18-15-28(11-12-30-18)25(29)13-23-21-7-3-1-5-19(21)20-6-2-4-8-22(20)23/h1-10,13-14,18H,11-12,15-16H2. The maximum absolute atomic E-state index is 13.2. The zero-order valence-electron chi connectivity index (χ0n) is 16.8. The number of hydrogen-bond donors (Lipinski definition) is 0. The molecule has 5 rings (SSSR count). The molecule has 2 aliphatic rings. The summed E-state index contributed by atoms with van der Waals surface area (Å²) in [5, 5.41) is 0.557. The van der Waals surface area contributed by atoms with E-state index in [4.69, 9.17) is 21.1 Å². The maximum atomic E-state index is 13.2. The molecule has 156 valence electrons. The first-order valence-corrected chi connectivity index (χ1v) is 10.6. The Bertz CT molecular complexity index is 1100. The quantitative estimate of drug-likeness (QED) is 0.447. The van der Waals surface area contributed by atoms with Crippen molar-refractivity contribution in [2.75, 3.05) is 26.3 Å². The Labute approximate surface area is 185 Å². The number of nitrogens with zero attached hydrogens (tertiary/aromatic N) is 2. The van der Waals surface area contributed by atoms with Crippen LogP contribution in [0.25, 0.3) is 16.7 Å². The van der Waals surface area contributed by atoms with Crippen molar-refractivity contribution < 1.29 is 14.3 Å². The molecule has 2 aromatic carbocycles. The van der Waals surface area contributed by atoms with Gasteiger partial charge in [0.05, 0.1) is 18.2 Å². The largest absolute Gasteiger partial charge is 0.475 e. The summed E-state index contributed by atoms with van der Waals surface area (Å²) < 4.78 is 11.5. The lowest BCUT2D eigenvalue weighted by molar-refractivity contribution is -0.134. The third-order valence-corrected chi connectivity index (χ3v) is 5.78. The van der Waals surface area contributed by atoms with E-state index in [9.17, 15) is 4.79 Å². The fraction of sp³-hybridized carbons (Fsp3) is 0.200. The molecule has 6 heteroatoms. The minimum absolute atomic E-state index is 0.0144. The first kappa shape index (κ1) is 19.8. The molecule has 0 bridgehead atoms. The normalized spacial score (nSPS) is 17.1. The van der Waals surface area contributed by atoms with Gasteiger partial charge in [0.25, 0.3) is 0 Å². The van der Waals surface area contributed by atoms with E-state index in [2.05, 4.69) is 29.2 Å². The summed E-state index contributed by atoms with van der Waals surface area (Å²) in [5.41, 5.74) is 5.50. The van der Waals surface area contributed by atoms with Crippen LogP contribution in [0.1, 0.15) is 11.1 Å². The third-order valence-electron chi connectivity index (χ3n) is 5.56. The van der Waals surface area contributed by atoms with Crippen molar-refractivity contribution in [1.29, 1.82) is 0 Å². The fourth-order valence-corrected chi connectivity index (χ4v) is 4.18. The Morgan fingerprint density at radius 2 is 1.74 bits per heavy atom. The van der Waals surface area contributed by atoms with Crippen LogP contribution in [-0.2, 0) is 9.53 Å². The lowest BCUT2D eigenvalue weighted by Gasteiger charge is -2.32. The Morgan fingerprint density at radius 1 is 1.06 bits per heavy atom. The Morgan fingerprint density at radius 3 is 2.39 bits per heavy atom. The molecule has 1 unspecified atom stereocenters. The van der Waals surface area contributed by atoms with Gasteiger partial charge in [-0.25, -0.2) is 4.98 Å². The van der Waals surface area contributed by atoms with Crippen LogP contribution in [0, 0.1) is 0 Å². The van der Waals surface area contributed by atoms with Gasteiger partial charge in [0, 0.05) is 24.9 Å². The molecule has 1 atom stereocenters. The summed E-state index contributed by atoms with van der Waals surface area (Å²) in [7, 11) is 0. The number of halogens is 1. The maximum Gasteiger partial charge on any atom is 0.247 e. The number of rotatable bonds is 4. The summed E-state index contributed by atoms with van der Waals surface area (Å²) >= 11 is 5.86. The van der Waals surface area contributed by atoms with Gasteiger partial charge in [-0.15, -0.1) is 0 Å². The number of carbonyl (C=O) groups is 1. The highest BCUT2D eigenvalue weighted by Crippen LogP contribution is 2.43. The van der Waals surface area contributed by atoms with Crippen molar-refractivity contribution in [3.63, 3.8) is 0 Å². The highest BCUT2D eigenvalue weighted by Gasteiger charge is 2.27. The summed E-state index contributed by atoms with van der Waals surface area (Å²) in [5.74, 6) is 0.470. The molecule has 0 saturated carbocycles. The SMILES string of the molecule is O=C(C=C1c2ccccc2-c2ccccc21)N1CCOC(COc2ccc(Cl)cn2)C1. The number of benzene rings is 2. The first-order chi connectivity index (χ1) is 15.2. The van der Waals surface area contributed by atoms with E-state index in [0.717, 1.165) is 16.7 Å². The monoisotopic (exact) mass is 432 g/mol. The van der Waals surface area contributed by atoms with Gasteiger partial charge in [0.15, 0.2) is 0 Å². The van der Waals surface area contributed by atoms with E-state index in [0.29, 0.717) is 37.2 Å². The van der Waals surface area contributed by atoms with Crippen molar-refractivity contribution in [2.45, 2.75) is 6.10 Å². The lowest BCUT2D eigenvalue weighted by atomic mass is 10.0. The van der Waals surface area contributed by atoms with Crippen molar-refractivity contribution in [2.24, 2.45) is 0 Å². The third kappa shape index (κ3) is 4.07.